The zero-order valence-electron chi connectivity index (χ0n) is 12.0. The number of nitrogens with one attached hydrogen (secondary N) is 2. The van der Waals surface area contributed by atoms with Crippen molar-refractivity contribution in [3.05, 3.63) is 59.1 Å². The lowest BCUT2D eigenvalue weighted by molar-refractivity contribution is -0.116. The van der Waals surface area contributed by atoms with Gasteiger partial charge in [-0.3, -0.25) is 9.59 Å². The number of hydrogen-bond acceptors (Lipinski definition) is 3. The van der Waals surface area contributed by atoms with Crippen molar-refractivity contribution < 1.29 is 9.59 Å². The highest BCUT2D eigenvalue weighted by Gasteiger charge is 2.13. The highest BCUT2D eigenvalue weighted by molar-refractivity contribution is 6.30. The highest BCUT2D eigenvalue weighted by Crippen LogP contribution is 2.15. The monoisotopic (exact) mass is 317 g/mol. The molecule has 0 unspecified atom stereocenters. The van der Waals surface area contributed by atoms with Gasteiger partial charge in [-0.1, -0.05) is 17.7 Å². The summed E-state index contributed by atoms with van der Waals surface area (Å²) in [6, 6.07) is 13.0. The zero-order valence-corrected chi connectivity index (χ0v) is 12.7. The molecule has 2 rings (SSSR count). The number of carbonyl (C=O) groups is 2. The number of primary amides is 1. The first-order valence-electron chi connectivity index (χ1n) is 6.68. The number of anilines is 2. The van der Waals surface area contributed by atoms with Gasteiger partial charge in [-0.2, -0.15) is 0 Å². The van der Waals surface area contributed by atoms with E-state index >= 15 is 0 Å². The van der Waals surface area contributed by atoms with Crippen molar-refractivity contribution in [2.75, 3.05) is 10.6 Å². The van der Waals surface area contributed by atoms with Crippen LogP contribution in [0.3, 0.4) is 0 Å². The molecule has 0 fully saturated rings. The summed E-state index contributed by atoms with van der Waals surface area (Å²) in [6.07, 6.45) is 0. The molecule has 0 saturated heterocycles. The van der Waals surface area contributed by atoms with Crippen LogP contribution in [0.15, 0.2) is 48.5 Å². The summed E-state index contributed by atoms with van der Waals surface area (Å²) in [7, 11) is 0. The Morgan fingerprint density at radius 2 is 1.77 bits per heavy atom. The van der Waals surface area contributed by atoms with Crippen LogP contribution in [0.2, 0.25) is 5.02 Å². The lowest BCUT2D eigenvalue weighted by Gasteiger charge is -2.15. The van der Waals surface area contributed by atoms with Crippen molar-refractivity contribution >= 4 is 34.8 Å². The molecular formula is C16H16ClN3O2. The molecule has 0 heterocycles. The fourth-order valence-electron chi connectivity index (χ4n) is 1.86. The van der Waals surface area contributed by atoms with E-state index in [1.54, 1.807) is 55.5 Å². The fraction of sp³-hybridized carbons (Fsp3) is 0.125. The van der Waals surface area contributed by atoms with Gasteiger partial charge in [-0.05, 0) is 49.4 Å². The summed E-state index contributed by atoms with van der Waals surface area (Å²) in [5, 5.41) is 6.40. The molecule has 2 aromatic rings. The van der Waals surface area contributed by atoms with E-state index in [-0.39, 0.29) is 5.91 Å². The Morgan fingerprint density at radius 1 is 1.09 bits per heavy atom. The van der Waals surface area contributed by atoms with Gasteiger partial charge in [0.1, 0.15) is 6.04 Å². The summed E-state index contributed by atoms with van der Waals surface area (Å²) >= 11 is 5.80. The third-order valence-corrected chi connectivity index (χ3v) is 3.29. The maximum absolute atomic E-state index is 12.1. The quantitative estimate of drug-likeness (QED) is 0.792. The number of benzene rings is 2. The second-order valence-electron chi connectivity index (χ2n) is 4.81. The highest BCUT2D eigenvalue weighted by atomic mass is 35.5. The molecule has 0 saturated carbocycles. The smallest absolute Gasteiger partial charge is 0.248 e. The molecule has 2 aromatic carbocycles. The standard InChI is InChI=1S/C16H16ClN3O2/c1-10(16(22)20-13-7-5-12(17)6-8-13)19-14-4-2-3-11(9-14)15(18)21/h2-10,19H,1H3,(H2,18,21)(H,20,22)/t10-/m0/s1. The van der Waals surface area contributed by atoms with Crippen LogP contribution in [0.1, 0.15) is 17.3 Å². The molecule has 0 bridgehead atoms. The van der Waals surface area contributed by atoms with E-state index in [1.807, 2.05) is 0 Å². The first-order valence-corrected chi connectivity index (χ1v) is 7.06. The van der Waals surface area contributed by atoms with Gasteiger partial charge in [-0.15, -0.1) is 0 Å². The second-order valence-corrected chi connectivity index (χ2v) is 5.24. The number of nitrogens with two attached hydrogens (primary N) is 1. The molecule has 22 heavy (non-hydrogen) atoms. The number of halogens is 1. The molecule has 0 aliphatic heterocycles. The van der Waals surface area contributed by atoms with E-state index < -0.39 is 11.9 Å². The van der Waals surface area contributed by atoms with Crippen LogP contribution in [0.5, 0.6) is 0 Å². The minimum absolute atomic E-state index is 0.202. The third-order valence-electron chi connectivity index (χ3n) is 3.04. The van der Waals surface area contributed by atoms with Gasteiger partial charge in [-0.25, -0.2) is 0 Å². The van der Waals surface area contributed by atoms with Gasteiger partial charge < -0.3 is 16.4 Å². The summed E-state index contributed by atoms with van der Waals surface area (Å²) in [4.78, 5) is 23.3. The van der Waals surface area contributed by atoms with Crippen LogP contribution in [0, 0.1) is 0 Å². The molecule has 0 aliphatic carbocycles. The van der Waals surface area contributed by atoms with Crippen LogP contribution in [-0.4, -0.2) is 17.9 Å². The van der Waals surface area contributed by atoms with Crippen molar-refractivity contribution in [3.8, 4) is 0 Å². The van der Waals surface area contributed by atoms with Crippen LogP contribution < -0.4 is 16.4 Å². The van der Waals surface area contributed by atoms with Crippen molar-refractivity contribution in [3.63, 3.8) is 0 Å². The van der Waals surface area contributed by atoms with Crippen molar-refractivity contribution in [1.82, 2.24) is 0 Å². The molecule has 0 spiro atoms. The topological polar surface area (TPSA) is 84.2 Å². The van der Waals surface area contributed by atoms with Gasteiger partial charge >= 0.3 is 0 Å². The maximum Gasteiger partial charge on any atom is 0.248 e. The van der Waals surface area contributed by atoms with Gasteiger partial charge in [0.25, 0.3) is 0 Å². The zero-order chi connectivity index (χ0) is 16.1. The van der Waals surface area contributed by atoms with Gasteiger partial charge in [0.15, 0.2) is 0 Å². The van der Waals surface area contributed by atoms with Gasteiger partial charge in [0, 0.05) is 22.0 Å². The summed E-state index contributed by atoms with van der Waals surface area (Å²) in [6.45, 7) is 1.72. The predicted molar refractivity (Wildman–Crippen MR) is 88.1 cm³/mol. The van der Waals surface area contributed by atoms with E-state index in [0.29, 0.717) is 22.0 Å². The molecule has 0 aliphatic rings. The number of rotatable bonds is 5. The van der Waals surface area contributed by atoms with Crippen LogP contribution in [-0.2, 0) is 4.79 Å². The first kappa shape index (κ1) is 15.9. The van der Waals surface area contributed by atoms with Crippen molar-refractivity contribution in [2.45, 2.75) is 13.0 Å². The van der Waals surface area contributed by atoms with E-state index in [1.165, 1.54) is 0 Å². The van der Waals surface area contributed by atoms with Gasteiger partial charge in [0.2, 0.25) is 11.8 Å². The fourth-order valence-corrected chi connectivity index (χ4v) is 1.99. The molecule has 4 N–H and O–H groups in total. The molecule has 0 aromatic heterocycles. The Bertz CT molecular complexity index is 686. The maximum atomic E-state index is 12.1. The average molecular weight is 318 g/mol. The number of hydrogen-bond donors (Lipinski definition) is 3. The minimum atomic E-state index is -0.512. The Kier molecular flexibility index (Phi) is 5.01. The van der Waals surface area contributed by atoms with Crippen LogP contribution >= 0.6 is 11.6 Å². The third kappa shape index (κ3) is 4.23. The van der Waals surface area contributed by atoms with Crippen LogP contribution in [0.25, 0.3) is 0 Å². The summed E-state index contributed by atoms with van der Waals surface area (Å²) in [5.74, 6) is -0.714. The molecule has 0 radical (unpaired) electrons. The van der Waals surface area contributed by atoms with E-state index in [9.17, 15) is 9.59 Å². The summed E-state index contributed by atoms with van der Waals surface area (Å²) in [5.41, 5.74) is 6.92. The Hall–Kier alpha value is -2.53. The normalized spacial score (nSPS) is 11.5. The second kappa shape index (κ2) is 6.95. The average Bonchev–Trinajstić information content (AvgIpc) is 2.49. The molecule has 2 amide bonds. The molecule has 1 atom stereocenters. The largest absolute Gasteiger partial charge is 0.374 e. The number of carbonyl (C=O) groups excluding carboxylic acids is 2. The Morgan fingerprint density at radius 3 is 2.41 bits per heavy atom. The minimum Gasteiger partial charge on any atom is -0.374 e. The molecule has 6 heteroatoms. The predicted octanol–water partition coefficient (Wildman–Crippen LogP) is 2.88. The van der Waals surface area contributed by atoms with Crippen LogP contribution in [0.4, 0.5) is 11.4 Å². The number of amides is 2. The lowest BCUT2D eigenvalue weighted by Crippen LogP contribution is -2.31. The Labute approximate surface area is 133 Å². The molecule has 114 valence electrons. The van der Waals surface area contributed by atoms with E-state index in [4.69, 9.17) is 17.3 Å². The van der Waals surface area contributed by atoms with E-state index in [0.717, 1.165) is 0 Å². The lowest BCUT2D eigenvalue weighted by atomic mass is 10.1. The van der Waals surface area contributed by atoms with E-state index in [2.05, 4.69) is 10.6 Å². The van der Waals surface area contributed by atoms with Crippen molar-refractivity contribution in [1.29, 1.82) is 0 Å². The summed E-state index contributed by atoms with van der Waals surface area (Å²) < 4.78 is 0. The molecular weight excluding hydrogens is 302 g/mol. The molecule has 5 nitrogen and oxygen atoms in total. The first-order chi connectivity index (χ1) is 10.5. The SMILES string of the molecule is C[C@H](Nc1cccc(C(N)=O)c1)C(=O)Nc1ccc(Cl)cc1. The van der Waals surface area contributed by atoms with Crippen molar-refractivity contribution in [2.24, 2.45) is 5.73 Å². The van der Waals surface area contributed by atoms with Gasteiger partial charge in [0.05, 0.1) is 0 Å². The Balaban J connectivity index is 2.00.